The number of aliphatic hydroxyl groups is 1. The molecule has 0 aliphatic heterocycles. The maximum absolute atomic E-state index is 12.4. The Bertz CT molecular complexity index is 735. The van der Waals surface area contributed by atoms with Crippen LogP contribution in [0.15, 0.2) is 29.3 Å². The molecule has 0 fully saturated rings. The van der Waals surface area contributed by atoms with Crippen LogP contribution in [0.2, 0.25) is 0 Å². The van der Waals surface area contributed by atoms with E-state index in [-0.39, 0.29) is 11.5 Å². The Morgan fingerprint density at radius 3 is 2.60 bits per heavy atom. The lowest BCUT2D eigenvalue weighted by Gasteiger charge is -2.10. The van der Waals surface area contributed by atoms with Crippen molar-refractivity contribution in [2.45, 2.75) is 25.3 Å². The van der Waals surface area contributed by atoms with Crippen LogP contribution in [0.3, 0.4) is 0 Å². The van der Waals surface area contributed by atoms with Gasteiger partial charge < -0.3 is 5.11 Å². The maximum atomic E-state index is 12.4. The first-order valence-electron chi connectivity index (χ1n) is 6.07. The quantitative estimate of drug-likeness (QED) is 0.891. The van der Waals surface area contributed by atoms with Crippen LogP contribution < -0.4 is 4.72 Å². The molecule has 0 saturated carbocycles. The van der Waals surface area contributed by atoms with Gasteiger partial charge >= 0.3 is 0 Å². The molecule has 7 heteroatoms. The summed E-state index contributed by atoms with van der Waals surface area (Å²) in [6.45, 7) is 3.25. The average molecular weight is 295 g/mol. The Balaban J connectivity index is 2.43. The molecule has 0 aliphatic rings. The second-order valence-electron chi connectivity index (χ2n) is 4.67. The Kier molecular flexibility index (Phi) is 3.82. The van der Waals surface area contributed by atoms with Gasteiger partial charge in [-0.2, -0.15) is 5.10 Å². The SMILES string of the molecule is Cc1ccc(CO)cc1S(=O)(=O)Nc1cn(C)nc1C. The fraction of sp³-hybridized carbons (Fsp3) is 0.308. The minimum atomic E-state index is -3.70. The van der Waals surface area contributed by atoms with E-state index < -0.39 is 10.0 Å². The first-order chi connectivity index (χ1) is 9.33. The number of aryl methyl sites for hydroxylation is 3. The van der Waals surface area contributed by atoms with E-state index in [4.69, 9.17) is 5.11 Å². The summed E-state index contributed by atoms with van der Waals surface area (Å²) >= 11 is 0. The highest BCUT2D eigenvalue weighted by atomic mass is 32.2. The summed E-state index contributed by atoms with van der Waals surface area (Å²) in [5, 5.41) is 13.2. The minimum Gasteiger partial charge on any atom is -0.392 e. The summed E-state index contributed by atoms with van der Waals surface area (Å²) in [6, 6.07) is 4.85. The topological polar surface area (TPSA) is 84.2 Å². The molecule has 0 radical (unpaired) electrons. The fourth-order valence-electron chi connectivity index (χ4n) is 1.93. The maximum Gasteiger partial charge on any atom is 0.262 e. The van der Waals surface area contributed by atoms with Crippen molar-refractivity contribution in [2.24, 2.45) is 7.05 Å². The fourth-order valence-corrected chi connectivity index (χ4v) is 3.33. The number of anilines is 1. The van der Waals surface area contributed by atoms with E-state index in [0.29, 0.717) is 22.5 Å². The molecular weight excluding hydrogens is 278 g/mol. The number of aromatic nitrogens is 2. The molecule has 1 aromatic heterocycles. The number of nitrogens with zero attached hydrogens (tertiary/aromatic N) is 2. The van der Waals surface area contributed by atoms with Gasteiger partial charge in [0.25, 0.3) is 10.0 Å². The second kappa shape index (κ2) is 5.26. The molecular formula is C13H17N3O3S. The Hall–Kier alpha value is -1.86. The van der Waals surface area contributed by atoms with Crippen molar-refractivity contribution in [1.29, 1.82) is 0 Å². The van der Waals surface area contributed by atoms with E-state index >= 15 is 0 Å². The molecule has 108 valence electrons. The lowest BCUT2D eigenvalue weighted by Crippen LogP contribution is -2.15. The number of hydrogen-bond donors (Lipinski definition) is 2. The van der Waals surface area contributed by atoms with Gasteiger partial charge in [-0.05, 0) is 31.0 Å². The standard InChI is InChI=1S/C13H17N3O3S/c1-9-4-5-11(8-17)6-13(9)20(18,19)15-12-7-16(3)14-10(12)2/h4-7,15,17H,8H2,1-3H3. The van der Waals surface area contributed by atoms with Crippen molar-refractivity contribution in [1.82, 2.24) is 9.78 Å². The number of benzene rings is 1. The predicted octanol–water partition coefficient (Wildman–Crippen LogP) is 1.33. The molecule has 0 unspecified atom stereocenters. The van der Waals surface area contributed by atoms with Crippen molar-refractivity contribution in [2.75, 3.05) is 4.72 Å². The van der Waals surface area contributed by atoms with Crippen LogP contribution in [0.1, 0.15) is 16.8 Å². The highest BCUT2D eigenvalue weighted by Crippen LogP contribution is 2.22. The molecule has 6 nitrogen and oxygen atoms in total. The zero-order valence-electron chi connectivity index (χ0n) is 11.6. The van der Waals surface area contributed by atoms with E-state index in [1.165, 1.54) is 6.07 Å². The zero-order valence-corrected chi connectivity index (χ0v) is 12.4. The van der Waals surface area contributed by atoms with Crippen molar-refractivity contribution in [3.05, 3.63) is 41.2 Å². The third-order valence-electron chi connectivity index (χ3n) is 2.98. The van der Waals surface area contributed by atoms with Crippen LogP contribution >= 0.6 is 0 Å². The Morgan fingerprint density at radius 1 is 1.35 bits per heavy atom. The number of rotatable bonds is 4. The van der Waals surface area contributed by atoms with Crippen LogP contribution in [0.25, 0.3) is 0 Å². The van der Waals surface area contributed by atoms with Gasteiger partial charge in [-0.3, -0.25) is 9.40 Å². The van der Waals surface area contributed by atoms with Gasteiger partial charge in [0, 0.05) is 13.2 Å². The number of nitrogens with one attached hydrogen (secondary N) is 1. The smallest absolute Gasteiger partial charge is 0.262 e. The third-order valence-corrected chi connectivity index (χ3v) is 4.49. The average Bonchev–Trinajstić information content (AvgIpc) is 2.67. The zero-order chi connectivity index (χ0) is 14.9. The summed E-state index contributed by atoms with van der Waals surface area (Å²) in [4.78, 5) is 0.160. The summed E-state index contributed by atoms with van der Waals surface area (Å²) in [5.74, 6) is 0. The number of hydrogen-bond acceptors (Lipinski definition) is 4. The lowest BCUT2D eigenvalue weighted by atomic mass is 10.2. The second-order valence-corrected chi connectivity index (χ2v) is 6.32. The largest absolute Gasteiger partial charge is 0.392 e. The molecule has 0 amide bonds. The molecule has 2 aromatic rings. The summed E-state index contributed by atoms with van der Waals surface area (Å²) in [5.41, 5.74) is 2.23. The van der Waals surface area contributed by atoms with E-state index in [9.17, 15) is 8.42 Å². The first kappa shape index (κ1) is 14.5. The van der Waals surface area contributed by atoms with E-state index in [2.05, 4.69) is 9.82 Å². The third kappa shape index (κ3) is 2.83. The minimum absolute atomic E-state index is 0.160. The van der Waals surface area contributed by atoms with Gasteiger partial charge in [0.15, 0.2) is 0 Å². The first-order valence-corrected chi connectivity index (χ1v) is 7.55. The molecule has 2 N–H and O–H groups in total. The monoisotopic (exact) mass is 295 g/mol. The Labute approximate surface area is 118 Å². The van der Waals surface area contributed by atoms with Crippen molar-refractivity contribution >= 4 is 15.7 Å². The lowest BCUT2D eigenvalue weighted by molar-refractivity contribution is 0.281. The molecule has 20 heavy (non-hydrogen) atoms. The van der Waals surface area contributed by atoms with Crippen LogP contribution in [0.4, 0.5) is 5.69 Å². The summed E-state index contributed by atoms with van der Waals surface area (Å²) in [7, 11) is -1.98. The van der Waals surface area contributed by atoms with Gasteiger partial charge in [0.1, 0.15) is 0 Å². The van der Waals surface area contributed by atoms with Crippen molar-refractivity contribution in [3.8, 4) is 0 Å². The molecule has 1 heterocycles. The normalized spacial score (nSPS) is 11.6. The highest BCUT2D eigenvalue weighted by Gasteiger charge is 2.19. The van der Waals surface area contributed by atoms with E-state index in [1.54, 1.807) is 43.9 Å². The molecule has 1 aromatic carbocycles. The Morgan fingerprint density at radius 2 is 2.05 bits per heavy atom. The summed E-state index contributed by atoms with van der Waals surface area (Å²) < 4.78 is 28.9. The van der Waals surface area contributed by atoms with Crippen LogP contribution in [-0.2, 0) is 23.7 Å². The van der Waals surface area contributed by atoms with Gasteiger partial charge in [0.05, 0.1) is 22.9 Å². The molecule has 0 spiro atoms. The molecule has 0 aliphatic carbocycles. The predicted molar refractivity (Wildman–Crippen MR) is 75.9 cm³/mol. The van der Waals surface area contributed by atoms with Crippen LogP contribution in [-0.4, -0.2) is 23.3 Å². The van der Waals surface area contributed by atoms with Crippen molar-refractivity contribution < 1.29 is 13.5 Å². The molecule has 0 saturated heterocycles. The van der Waals surface area contributed by atoms with Gasteiger partial charge in [-0.1, -0.05) is 12.1 Å². The molecule has 2 rings (SSSR count). The number of aliphatic hydroxyl groups excluding tert-OH is 1. The van der Waals surface area contributed by atoms with Crippen LogP contribution in [0.5, 0.6) is 0 Å². The van der Waals surface area contributed by atoms with E-state index in [0.717, 1.165) is 0 Å². The summed E-state index contributed by atoms with van der Waals surface area (Å²) in [6.07, 6.45) is 1.61. The van der Waals surface area contributed by atoms with Crippen LogP contribution in [0, 0.1) is 13.8 Å². The molecule has 0 bridgehead atoms. The van der Waals surface area contributed by atoms with Crippen molar-refractivity contribution in [3.63, 3.8) is 0 Å². The van der Waals surface area contributed by atoms with Gasteiger partial charge in [-0.25, -0.2) is 8.42 Å². The van der Waals surface area contributed by atoms with Gasteiger partial charge in [-0.15, -0.1) is 0 Å². The van der Waals surface area contributed by atoms with E-state index in [1.807, 2.05) is 0 Å². The highest BCUT2D eigenvalue weighted by molar-refractivity contribution is 7.92. The van der Waals surface area contributed by atoms with Gasteiger partial charge in [0.2, 0.25) is 0 Å². The molecule has 0 atom stereocenters. The number of sulfonamides is 1.